The molecular weight excluding hydrogens is 324 g/mol. The van der Waals surface area contributed by atoms with Crippen molar-refractivity contribution in [1.82, 2.24) is 0 Å². The molecule has 0 heterocycles. The predicted octanol–water partition coefficient (Wildman–Crippen LogP) is 5.17. The fraction of sp³-hybridized carbons (Fsp3) is 0.913. The summed E-state index contributed by atoms with van der Waals surface area (Å²) >= 11 is 0. The second kappa shape index (κ2) is 6.34. The standard InChI is InChI=1S/C23H36O3/c1-5-15-7-9-19-18-8-6-16-12-17(26-14(2)24)10-11-22(16,3)21(18)20(25)13-23(15,19)4/h15-19,21H,5-13H2,1-4H3/t15-,16-,17+,18-,19-,21+,22-,23+/m0/s1. The molecule has 146 valence electrons. The van der Waals surface area contributed by atoms with Crippen molar-refractivity contribution >= 4 is 11.8 Å². The predicted molar refractivity (Wildman–Crippen MR) is 101 cm³/mol. The smallest absolute Gasteiger partial charge is 0.302 e. The van der Waals surface area contributed by atoms with Gasteiger partial charge in [-0.1, -0.05) is 27.2 Å². The molecule has 3 heteroatoms. The van der Waals surface area contributed by atoms with Crippen LogP contribution in [0.4, 0.5) is 0 Å². The Morgan fingerprint density at radius 2 is 1.88 bits per heavy atom. The number of hydrogen-bond donors (Lipinski definition) is 0. The molecule has 0 unspecified atom stereocenters. The topological polar surface area (TPSA) is 43.4 Å². The lowest BCUT2D eigenvalue weighted by Gasteiger charge is -2.60. The monoisotopic (exact) mass is 360 g/mol. The molecule has 8 atom stereocenters. The van der Waals surface area contributed by atoms with E-state index in [0.29, 0.717) is 17.6 Å². The molecule has 0 saturated heterocycles. The summed E-state index contributed by atoms with van der Waals surface area (Å²) in [5.41, 5.74) is 0.382. The summed E-state index contributed by atoms with van der Waals surface area (Å²) in [5.74, 6) is 3.29. The van der Waals surface area contributed by atoms with E-state index in [1.807, 2.05) is 0 Å². The zero-order chi connectivity index (χ0) is 18.7. The Kier molecular flexibility index (Phi) is 4.51. The highest BCUT2D eigenvalue weighted by Gasteiger charge is 2.62. The van der Waals surface area contributed by atoms with Gasteiger partial charge in [0.1, 0.15) is 11.9 Å². The van der Waals surface area contributed by atoms with E-state index in [1.165, 1.54) is 39.0 Å². The number of carbonyl (C=O) groups excluding carboxylic acids is 2. The van der Waals surface area contributed by atoms with E-state index in [9.17, 15) is 9.59 Å². The Labute approximate surface area is 158 Å². The minimum atomic E-state index is -0.159. The van der Waals surface area contributed by atoms with Crippen molar-refractivity contribution in [2.24, 2.45) is 40.4 Å². The Bertz CT molecular complexity index is 598. The van der Waals surface area contributed by atoms with Crippen molar-refractivity contribution < 1.29 is 14.3 Å². The molecular formula is C23H36O3. The molecule has 4 saturated carbocycles. The van der Waals surface area contributed by atoms with E-state index >= 15 is 0 Å². The van der Waals surface area contributed by atoms with Crippen LogP contribution in [0.2, 0.25) is 0 Å². The number of esters is 1. The molecule has 4 aliphatic carbocycles. The van der Waals surface area contributed by atoms with Crippen molar-refractivity contribution in [3.63, 3.8) is 0 Å². The molecule has 0 aliphatic heterocycles. The Morgan fingerprint density at radius 1 is 1.12 bits per heavy atom. The fourth-order valence-electron chi connectivity index (χ4n) is 8.15. The first-order chi connectivity index (χ1) is 12.3. The van der Waals surface area contributed by atoms with Crippen LogP contribution in [-0.2, 0) is 14.3 Å². The van der Waals surface area contributed by atoms with Crippen molar-refractivity contribution in [2.45, 2.75) is 91.6 Å². The van der Waals surface area contributed by atoms with Crippen LogP contribution in [-0.4, -0.2) is 17.9 Å². The summed E-state index contributed by atoms with van der Waals surface area (Å²) in [4.78, 5) is 24.8. The quantitative estimate of drug-likeness (QED) is 0.638. The Morgan fingerprint density at radius 3 is 2.58 bits per heavy atom. The van der Waals surface area contributed by atoms with E-state index in [1.54, 1.807) is 0 Å². The second-order valence-electron chi connectivity index (χ2n) is 10.4. The number of ketones is 1. The number of fused-ring (bicyclic) bond motifs is 5. The molecule has 0 aromatic rings. The zero-order valence-corrected chi connectivity index (χ0v) is 17.1. The molecule has 4 aliphatic rings. The van der Waals surface area contributed by atoms with Crippen molar-refractivity contribution in [3.8, 4) is 0 Å². The van der Waals surface area contributed by atoms with E-state index in [0.717, 1.165) is 37.5 Å². The average molecular weight is 361 g/mol. The van der Waals surface area contributed by atoms with Gasteiger partial charge in [-0.3, -0.25) is 9.59 Å². The number of rotatable bonds is 2. The van der Waals surface area contributed by atoms with Crippen LogP contribution in [0.3, 0.4) is 0 Å². The molecule has 4 fully saturated rings. The Hall–Kier alpha value is -0.860. The lowest BCUT2D eigenvalue weighted by Crippen LogP contribution is -2.57. The van der Waals surface area contributed by atoms with Crippen LogP contribution >= 0.6 is 0 Å². The fourth-order valence-corrected chi connectivity index (χ4v) is 8.15. The van der Waals surface area contributed by atoms with Gasteiger partial charge in [0.25, 0.3) is 0 Å². The summed E-state index contributed by atoms with van der Waals surface area (Å²) in [6.45, 7) is 8.65. The molecule has 0 bridgehead atoms. The Balaban J connectivity index is 1.59. The highest BCUT2D eigenvalue weighted by atomic mass is 16.5. The first-order valence-corrected chi connectivity index (χ1v) is 11.0. The normalized spacial score (nSPS) is 50.5. The molecule has 0 N–H and O–H groups in total. The van der Waals surface area contributed by atoms with Crippen LogP contribution < -0.4 is 0 Å². The molecule has 0 radical (unpaired) electrons. The zero-order valence-electron chi connectivity index (χ0n) is 17.1. The van der Waals surface area contributed by atoms with Gasteiger partial charge < -0.3 is 4.74 Å². The van der Waals surface area contributed by atoms with Crippen molar-refractivity contribution in [3.05, 3.63) is 0 Å². The maximum absolute atomic E-state index is 13.5. The lowest BCUT2D eigenvalue weighted by molar-refractivity contribution is -0.169. The van der Waals surface area contributed by atoms with E-state index in [2.05, 4.69) is 20.8 Å². The molecule has 26 heavy (non-hydrogen) atoms. The van der Waals surface area contributed by atoms with Gasteiger partial charge in [-0.2, -0.15) is 0 Å². The van der Waals surface area contributed by atoms with Crippen LogP contribution in [0.15, 0.2) is 0 Å². The molecule has 4 rings (SSSR count). The van der Waals surface area contributed by atoms with Crippen molar-refractivity contribution in [2.75, 3.05) is 0 Å². The number of ether oxygens (including phenoxy) is 1. The summed E-state index contributed by atoms with van der Waals surface area (Å²) in [7, 11) is 0. The summed E-state index contributed by atoms with van der Waals surface area (Å²) < 4.78 is 5.54. The minimum absolute atomic E-state index is 0.0713. The largest absolute Gasteiger partial charge is 0.463 e. The number of Topliss-reactive ketones (excluding diaryl/α,β-unsaturated/α-hetero) is 1. The highest BCUT2D eigenvalue weighted by molar-refractivity contribution is 5.84. The summed E-state index contributed by atoms with van der Waals surface area (Å²) in [5, 5.41) is 0. The van der Waals surface area contributed by atoms with Gasteiger partial charge in [-0.15, -0.1) is 0 Å². The third kappa shape index (κ3) is 2.59. The third-order valence-electron chi connectivity index (χ3n) is 9.32. The van der Waals surface area contributed by atoms with Crippen LogP contribution in [0.5, 0.6) is 0 Å². The maximum atomic E-state index is 13.5. The molecule has 0 aromatic carbocycles. The van der Waals surface area contributed by atoms with Gasteiger partial charge in [0.15, 0.2) is 0 Å². The minimum Gasteiger partial charge on any atom is -0.463 e. The van der Waals surface area contributed by atoms with Gasteiger partial charge in [0.2, 0.25) is 0 Å². The van der Waals surface area contributed by atoms with Crippen LogP contribution in [0, 0.1) is 40.4 Å². The van der Waals surface area contributed by atoms with E-state index in [-0.39, 0.29) is 28.8 Å². The van der Waals surface area contributed by atoms with Gasteiger partial charge in [0, 0.05) is 19.3 Å². The van der Waals surface area contributed by atoms with Gasteiger partial charge in [0.05, 0.1) is 0 Å². The average Bonchev–Trinajstić information content (AvgIpc) is 2.90. The van der Waals surface area contributed by atoms with Gasteiger partial charge >= 0.3 is 5.97 Å². The first kappa shape index (κ1) is 18.5. The SMILES string of the molecule is CC[C@H]1CC[C@H]2[C@@H]3CC[C@H]4C[C@H](OC(C)=O)CC[C@]4(C)[C@H]3C(=O)C[C@]12C. The molecule has 0 amide bonds. The molecule has 0 aromatic heterocycles. The summed E-state index contributed by atoms with van der Waals surface area (Å²) in [6, 6.07) is 0. The second-order valence-corrected chi connectivity index (χ2v) is 10.4. The van der Waals surface area contributed by atoms with Gasteiger partial charge in [-0.25, -0.2) is 0 Å². The van der Waals surface area contributed by atoms with Crippen LogP contribution in [0.25, 0.3) is 0 Å². The lowest BCUT2D eigenvalue weighted by atomic mass is 9.44. The van der Waals surface area contributed by atoms with E-state index in [4.69, 9.17) is 4.74 Å². The third-order valence-corrected chi connectivity index (χ3v) is 9.32. The maximum Gasteiger partial charge on any atom is 0.302 e. The molecule has 0 spiro atoms. The molecule has 3 nitrogen and oxygen atoms in total. The number of hydrogen-bond acceptors (Lipinski definition) is 3. The summed E-state index contributed by atoms with van der Waals surface area (Å²) in [6.07, 6.45) is 10.1. The number of carbonyl (C=O) groups is 2. The highest BCUT2D eigenvalue weighted by Crippen LogP contribution is 2.66. The van der Waals surface area contributed by atoms with E-state index < -0.39 is 0 Å². The van der Waals surface area contributed by atoms with Crippen LogP contribution in [0.1, 0.15) is 85.5 Å². The van der Waals surface area contributed by atoms with Gasteiger partial charge in [-0.05, 0) is 79.4 Å². The van der Waals surface area contributed by atoms with Crippen molar-refractivity contribution in [1.29, 1.82) is 0 Å². The first-order valence-electron chi connectivity index (χ1n) is 11.0.